The molecule has 0 fully saturated rings. The van der Waals surface area contributed by atoms with Gasteiger partial charge >= 0.3 is 0 Å². The van der Waals surface area contributed by atoms with Crippen LogP contribution < -0.4 is 5.32 Å². The monoisotopic (exact) mass is 350 g/mol. The van der Waals surface area contributed by atoms with Gasteiger partial charge < -0.3 is 14.6 Å². The summed E-state index contributed by atoms with van der Waals surface area (Å²) in [6.07, 6.45) is 2.78. The Labute approximate surface area is 131 Å². The molecular weight excluding hydrogens is 336 g/mol. The van der Waals surface area contributed by atoms with E-state index in [2.05, 4.69) is 21.2 Å². The number of nitrogens with one attached hydrogen (secondary N) is 1. The Morgan fingerprint density at radius 2 is 2.10 bits per heavy atom. The van der Waals surface area contributed by atoms with Crippen molar-refractivity contribution < 1.29 is 14.0 Å². The van der Waals surface area contributed by atoms with Crippen LogP contribution in [0.5, 0.6) is 0 Å². The third-order valence-corrected chi connectivity index (χ3v) is 3.45. The van der Waals surface area contributed by atoms with Crippen LogP contribution in [-0.2, 0) is 4.79 Å². The molecule has 2 aromatic rings. The number of anilines is 1. The van der Waals surface area contributed by atoms with Gasteiger partial charge in [0, 0.05) is 17.2 Å². The SMILES string of the molecule is Cc1cc(Br)ccc1NC(=O)CN(C)C(=O)c1ccoc1. The van der Waals surface area contributed by atoms with Gasteiger partial charge in [0.25, 0.3) is 5.91 Å². The summed E-state index contributed by atoms with van der Waals surface area (Å²) >= 11 is 3.37. The third kappa shape index (κ3) is 3.95. The van der Waals surface area contributed by atoms with Gasteiger partial charge in [-0.1, -0.05) is 15.9 Å². The number of nitrogens with zero attached hydrogens (tertiary/aromatic N) is 1. The van der Waals surface area contributed by atoms with Crippen LogP contribution in [0.4, 0.5) is 5.69 Å². The first-order valence-electron chi connectivity index (χ1n) is 6.31. The molecule has 0 spiro atoms. The van der Waals surface area contributed by atoms with Crippen LogP contribution >= 0.6 is 15.9 Å². The fourth-order valence-corrected chi connectivity index (χ4v) is 2.33. The maximum atomic E-state index is 12.0. The number of likely N-dealkylation sites (N-methyl/N-ethyl adjacent to an activating group) is 1. The highest BCUT2D eigenvalue weighted by Crippen LogP contribution is 2.19. The molecule has 2 amide bonds. The Balaban J connectivity index is 1.96. The lowest BCUT2D eigenvalue weighted by atomic mass is 10.2. The highest BCUT2D eigenvalue weighted by atomic mass is 79.9. The molecule has 21 heavy (non-hydrogen) atoms. The second-order valence-electron chi connectivity index (χ2n) is 4.68. The normalized spacial score (nSPS) is 10.2. The average molecular weight is 351 g/mol. The maximum Gasteiger partial charge on any atom is 0.257 e. The minimum atomic E-state index is -0.258. The average Bonchev–Trinajstić information content (AvgIpc) is 2.95. The molecule has 1 aromatic heterocycles. The van der Waals surface area contributed by atoms with E-state index in [9.17, 15) is 9.59 Å². The van der Waals surface area contributed by atoms with Gasteiger partial charge in [0.2, 0.25) is 5.91 Å². The molecule has 6 heteroatoms. The smallest absolute Gasteiger partial charge is 0.257 e. The van der Waals surface area contributed by atoms with Crippen molar-refractivity contribution in [2.24, 2.45) is 0 Å². The fraction of sp³-hybridized carbons (Fsp3) is 0.200. The summed E-state index contributed by atoms with van der Waals surface area (Å²) in [6, 6.07) is 7.14. The highest BCUT2D eigenvalue weighted by Gasteiger charge is 2.16. The zero-order valence-corrected chi connectivity index (χ0v) is 13.3. The molecule has 1 aromatic carbocycles. The number of benzene rings is 1. The van der Waals surface area contributed by atoms with Gasteiger partial charge in [0.05, 0.1) is 18.4 Å². The number of amides is 2. The molecule has 0 bridgehead atoms. The standard InChI is InChI=1S/C15H15BrN2O3/c1-10-7-12(16)3-4-13(10)17-14(19)8-18(2)15(20)11-5-6-21-9-11/h3-7,9H,8H2,1-2H3,(H,17,19). The molecule has 0 unspecified atom stereocenters. The van der Waals surface area contributed by atoms with E-state index in [0.29, 0.717) is 5.56 Å². The molecule has 0 atom stereocenters. The molecule has 0 saturated heterocycles. The largest absolute Gasteiger partial charge is 0.472 e. The highest BCUT2D eigenvalue weighted by molar-refractivity contribution is 9.10. The molecule has 0 aliphatic carbocycles. The molecule has 0 saturated carbocycles. The van der Waals surface area contributed by atoms with E-state index in [0.717, 1.165) is 15.7 Å². The summed E-state index contributed by atoms with van der Waals surface area (Å²) in [6.45, 7) is 1.88. The summed E-state index contributed by atoms with van der Waals surface area (Å²) < 4.78 is 5.81. The minimum absolute atomic E-state index is 0.0283. The van der Waals surface area contributed by atoms with Crippen molar-refractivity contribution in [1.82, 2.24) is 4.90 Å². The van der Waals surface area contributed by atoms with Crippen LogP contribution in [0.1, 0.15) is 15.9 Å². The first kappa shape index (κ1) is 15.3. The van der Waals surface area contributed by atoms with Crippen molar-refractivity contribution in [3.05, 3.63) is 52.4 Å². The van der Waals surface area contributed by atoms with Gasteiger partial charge in [0.1, 0.15) is 6.26 Å². The van der Waals surface area contributed by atoms with Crippen LogP contribution in [0.2, 0.25) is 0 Å². The lowest BCUT2D eigenvalue weighted by Gasteiger charge is -2.16. The van der Waals surface area contributed by atoms with Crippen molar-refractivity contribution in [3.63, 3.8) is 0 Å². The maximum absolute atomic E-state index is 12.0. The van der Waals surface area contributed by atoms with E-state index in [1.54, 1.807) is 13.1 Å². The molecule has 5 nitrogen and oxygen atoms in total. The Kier molecular flexibility index (Phi) is 4.80. The predicted octanol–water partition coefficient (Wildman–Crippen LogP) is 3.06. The number of rotatable bonds is 4. The Morgan fingerprint density at radius 3 is 2.71 bits per heavy atom. The first-order chi connectivity index (χ1) is 9.97. The van der Waals surface area contributed by atoms with Crippen LogP contribution in [-0.4, -0.2) is 30.3 Å². The van der Waals surface area contributed by atoms with Gasteiger partial charge in [-0.3, -0.25) is 9.59 Å². The van der Waals surface area contributed by atoms with Crippen molar-refractivity contribution in [1.29, 1.82) is 0 Å². The topological polar surface area (TPSA) is 62.6 Å². The molecule has 0 aliphatic rings. The number of furan rings is 1. The minimum Gasteiger partial charge on any atom is -0.472 e. The Bertz CT molecular complexity index is 653. The second kappa shape index (κ2) is 6.58. The molecular formula is C15H15BrN2O3. The Morgan fingerprint density at radius 1 is 1.33 bits per heavy atom. The lowest BCUT2D eigenvalue weighted by molar-refractivity contribution is -0.116. The predicted molar refractivity (Wildman–Crippen MR) is 83.2 cm³/mol. The quantitative estimate of drug-likeness (QED) is 0.921. The molecule has 0 aliphatic heterocycles. The number of aryl methyl sites for hydroxylation is 1. The Hall–Kier alpha value is -2.08. The zero-order valence-electron chi connectivity index (χ0n) is 11.7. The third-order valence-electron chi connectivity index (χ3n) is 2.96. The summed E-state index contributed by atoms with van der Waals surface area (Å²) in [7, 11) is 1.57. The van der Waals surface area contributed by atoms with E-state index >= 15 is 0 Å². The second-order valence-corrected chi connectivity index (χ2v) is 5.60. The van der Waals surface area contributed by atoms with Crippen molar-refractivity contribution in [3.8, 4) is 0 Å². The first-order valence-corrected chi connectivity index (χ1v) is 7.10. The van der Waals surface area contributed by atoms with E-state index in [4.69, 9.17) is 4.42 Å². The van der Waals surface area contributed by atoms with Gasteiger partial charge in [-0.25, -0.2) is 0 Å². The van der Waals surface area contributed by atoms with Crippen LogP contribution in [0, 0.1) is 6.92 Å². The van der Waals surface area contributed by atoms with E-state index < -0.39 is 0 Å². The van der Waals surface area contributed by atoms with Crippen LogP contribution in [0.3, 0.4) is 0 Å². The van der Waals surface area contributed by atoms with Crippen molar-refractivity contribution in [2.45, 2.75) is 6.92 Å². The molecule has 2 rings (SSSR count). The van der Waals surface area contributed by atoms with E-state index in [-0.39, 0.29) is 18.4 Å². The summed E-state index contributed by atoms with van der Waals surface area (Å²) in [4.78, 5) is 25.3. The van der Waals surface area contributed by atoms with Gasteiger partial charge in [0.15, 0.2) is 0 Å². The fourth-order valence-electron chi connectivity index (χ4n) is 1.85. The van der Waals surface area contributed by atoms with Crippen LogP contribution in [0.15, 0.2) is 45.7 Å². The van der Waals surface area contributed by atoms with Gasteiger partial charge in [-0.15, -0.1) is 0 Å². The van der Waals surface area contributed by atoms with E-state index in [1.807, 2.05) is 25.1 Å². The summed E-state index contributed by atoms with van der Waals surface area (Å²) in [5.74, 6) is -0.508. The lowest BCUT2D eigenvalue weighted by Crippen LogP contribution is -2.34. The molecule has 1 heterocycles. The number of hydrogen-bond acceptors (Lipinski definition) is 3. The van der Waals surface area contributed by atoms with Crippen molar-refractivity contribution in [2.75, 3.05) is 18.9 Å². The molecule has 110 valence electrons. The number of halogens is 1. The summed E-state index contributed by atoms with van der Waals surface area (Å²) in [5, 5.41) is 2.79. The van der Waals surface area contributed by atoms with E-state index in [1.165, 1.54) is 17.4 Å². The zero-order chi connectivity index (χ0) is 15.4. The number of carbonyl (C=O) groups excluding carboxylic acids is 2. The van der Waals surface area contributed by atoms with Gasteiger partial charge in [-0.2, -0.15) is 0 Å². The molecule has 1 N–H and O–H groups in total. The van der Waals surface area contributed by atoms with Crippen LogP contribution in [0.25, 0.3) is 0 Å². The summed E-state index contributed by atoms with van der Waals surface area (Å²) in [5.41, 5.74) is 2.10. The number of hydrogen-bond donors (Lipinski definition) is 1. The number of carbonyl (C=O) groups is 2. The van der Waals surface area contributed by atoms with Gasteiger partial charge in [-0.05, 0) is 36.8 Å². The molecule has 0 radical (unpaired) electrons. The van der Waals surface area contributed by atoms with Crippen molar-refractivity contribution >= 4 is 33.4 Å².